The van der Waals surface area contributed by atoms with Crippen molar-refractivity contribution in [1.29, 1.82) is 0 Å². The van der Waals surface area contributed by atoms with E-state index in [0.29, 0.717) is 31.8 Å². The first-order valence-electron chi connectivity index (χ1n) is 8.06. The van der Waals surface area contributed by atoms with Crippen molar-refractivity contribution in [2.24, 2.45) is 0 Å². The molecule has 1 saturated carbocycles. The molecule has 0 atom stereocenters. The Morgan fingerprint density at radius 1 is 1.23 bits per heavy atom. The molecule has 6 nitrogen and oxygen atoms in total. The Morgan fingerprint density at radius 3 is 2.59 bits per heavy atom. The van der Waals surface area contributed by atoms with E-state index in [2.05, 4.69) is 15.3 Å². The average Bonchev–Trinajstić information content (AvgIpc) is 2.72. The predicted molar refractivity (Wildman–Crippen MR) is 82.4 cm³/mol. The van der Waals surface area contributed by atoms with Gasteiger partial charge >= 0.3 is 0 Å². The Bertz CT molecular complexity index is 568. The highest BCUT2D eigenvalue weighted by Gasteiger charge is 2.28. The molecule has 1 aromatic rings. The minimum absolute atomic E-state index is 0.0462. The maximum absolute atomic E-state index is 11.5. The van der Waals surface area contributed by atoms with Crippen molar-refractivity contribution < 1.29 is 9.59 Å². The van der Waals surface area contributed by atoms with Crippen LogP contribution in [-0.2, 0) is 9.59 Å². The summed E-state index contributed by atoms with van der Waals surface area (Å²) in [7, 11) is 0. The lowest BCUT2D eigenvalue weighted by Gasteiger charge is -2.24. The Labute approximate surface area is 130 Å². The fourth-order valence-corrected chi connectivity index (χ4v) is 2.86. The number of hydrogen-bond donors (Lipinski definition) is 1. The number of amides is 2. The van der Waals surface area contributed by atoms with Crippen LogP contribution < -0.4 is 5.32 Å². The second kappa shape index (κ2) is 6.42. The van der Waals surface area contributed by atoms with Crippen molar-refractivity contribution in [2.45, 2.75) is 51.4 Å². The highest BCUT2D eigenvalue weighted by atomic mass is 16.2. The van der Waals surface area contributed by atoms with Gasteiger partial charge in [-0.05, 0) is 26.2 Å². The minimum atomic E-state index is -0.0462. The number of nitrogens with one attached hydrogen (secondary N) is 1. The van der Waals surface area contributed by atoms with E-state index in [-0.39, 0.29) is 11.8 Å². The molecule has 0 radical (unpaired) electrons. The summed E-state index contributed by atoms with van der Waals surface area (Å²) < 4.78 is 0. The van der Waals surface area contributed by atoms with Crippen LogP contribution in [0.1, 0.15) is 56.0 Å². The van der Waals surface area contributed by atoms with E-state index in [1.807, 2.05) is 13.0 Å². The summed E-state index contributed by atoms with van der Waals surface area (Å²) in [5.41, 5.74) is 0.976. The Morgan fingerprint density at radius 2 is 1.95 bits per heavy atom. The average molecular weight is 302 g/mol. The molecule has 1 aliphatic carbocycles. The van der Waals surface area contributed by atoms with E-state index in [1.165, 1.54) is 24.2 Å². The monoisotopic (exact) mass is 302 g/mol. The second-order valence-corrected chi connectivity index (χ2v) is 6.10. The molecule has 1 aliphatic heterocycles. The van der Waals surface area contributed by atoms with E-state index in [1.54, 1.807) is 0 Å². The van der Waals surface area contributed by atoms with Gasteiger partial charge in [0.2, 0.25) is 11.8 Å². The number of aromatic nitrogens is 2. The van der Waals surface area contributed by atoms with E-state index in [0.717, 1.165) is 23.8 Å². The van der Waals surface area contributed by atoms with E-state index in [9.17, 15) is 9.59 Å². The van der Waals surface area contributed by atoms with E-state index >= 15 is 0 Å². The van der Waals surface area contributed by atoms with Gasteiger partial charge in [0, 0.05) is 43.6 Å². The summed E-state index contributed by atoms with van der Waals surface area (Å²) in [5, 5.41) is 3.28. The maximum Gasteiger partial charge on any atom is 0.229 e. The fraction of sp³-hybridized carbons (Fsp3) is 0.625. The van der Waals surface area contributed by atoms with Crippen LogP contribution in [0.3, 0.4) is 0 Å². The quantitative estimate of drug-likeness (QED) is 0.642. The zero-order valence-corrected chi connectivity index (χ0v) is 13.0. The number of carbonyl (C=O) groups excluding carboxylic acids is 2. The van der Waals surface area contributed by atoms with Gasteiger partial charge in [0.25, 0.3) is 0 Å². The van der Waals surface area contributed by atoms with Crippen LogP contribution in [0.2, 0.25) is 0 Å². The van der Waals surface area contributed by atoms with Gasteiger partial charge in [-0.3, -0.25) is 14.5 Å². The number of imide groups is 1. The Kier molecular flexibility index (Phi) is 4.36. The maximum atomic E-state index is 11.5. The Balaban J connectivity index is 1.50. The first-order valence-corrected chi connectivity index (χ1v) is 8.06. The van der Waals surface area contributed by atoms with Crippen molar-refractivity contribution >= 4 is 17.6 Å². The van der Waals surface area contributed by atoms with Crippen molar-refractivity contribution in [3.63, 3.8) is 0 Å². The summed E-state index contributed by atoms with van der Waals surface area (Å²) in [4.78, 5) is 33.5. The molecule has 22 heavy (non-hydrogen) atoms. The molecule has 0 spiro atoms. The van der Waals surface area contributed by atoms with Gasteiger partial charge in [0.05, 0.1) is 0 Å². The van der Waals surface area contributed by atoms with Crippen molar-refractivity contribution in [3.8, 4) is 0 Å². The topological polar surface area (TPSA) is 75.2 Å². The summed E-state index contributed by atoms with van der Waals surface area (Å²) >= 11 is 0. The van der Waals surface area contributed by atoms with Crippen LogP contribution in [0.15, 0.2) is 6.07 Å². The SMILES string of the molecule is Cc1cc(NCCCN2C(=O)CCC2=O)nc(C2CCC2)n1. The molecular formula is C16H22N4O2. The lowest BCUT2D eigenvalue weighted by molar-refractivity contribution is -0.138. The van der Waals surface area contributed by atoms with E-state index < -0.39 is 0 Å². The number of likely N-dealkylation sites (tertiary alicyclic amines) is 1. The summed E-state index contributed by atoms with van der Waals surface area (Å²) in [6, 6.07) is 1.94. The first-order chi connectivity index (χ1) is 10.6. The van der Waals surface area contributed by atoms with Gasteiger partial charge in [-0.1, -0.05) is 6.42 Å². The van der Waals surface area contributed by atoms with Crippen LogP contribution in [0.25, 0.3) is 0 Å². The molecule has 1 saturated heterocycles. The molecule has 1 N–H and O–H groups in total. The van der Waals surface area contributed by atoms with Crippen LogP contribution in [0, 0.1) is 6.92 Å². The number of anilines is 1. The highest BCUT2D eigenvalue weighted by Crippen LogP contribution is 2.34. The van der Waals surface area contributed by atoms with Gasteiger partial charge in [0.1, 0.15) is 11.6 Å². The fourth-order valence-electron chi connectivity index (χ4n) is 2.86. The number of carbonyl (C=O) groups is 2. The normalized spacial score (nSPS) is 18.7. The standard InChI is InChI=1S/C16H22N4O2/c1-11-10-13(19-16(18-11)12-4-2-5-12)17-8-3-9-20-14(21)6-7-15(20)22/h10,12H,2-9H2,1H3,(H,17,18,19). The minimum Gasteiger partial charge on any atom is -0.370 e. The summed E-state index contributed by atoms with van der Waals surface area (Å²) in [5.74, 6) is 2.21. The van der Waals surface area contributed by atoms with Crippen molar-refractivity contribution in [1.82, 2.24) is 14.9 Å². The second-order valence-electron chi connectivity index (χ2n) is 6.10. The molecule has 2 aliphatic rings. The molecule has 2 fully saturated rings. The van der Waals surface area contributed by atoms with Crippen LogP contribution in [0.5, 0.6) is 0 Å². The third kappa shape index (κ3) is 3.26. The smallest absolute Gasteiger partial charge is 0.229 e. The molecule has 1 aromatic heterocycles. The van der Waals surface area contributed by atoms with Gasteiger partial charge in [-0.25, -0.2) is 9.97 Å². The molecule has 0 unspecified atom stereocenters. The molecular weight excluding hydrogens is 280 g/mol. The molecule has 118 valence electrons. The summed E-state index contributed by atoms with van der Waals surface area (Å²) in [6.45, 7) is 3.17. The molecule has 0 aromatic carbocycles. The number of rotatable bonds is 6. The van der Waals surface area contributed by atoms with Crippen molar-refractivity contribution in [2.75, 3.05) is 18.4 Å². The van der Waals surface area contributed by atoms with Crippen LogP contribution in [0.4, 0.5) is 5.82 Å². The molecule has 0 bridgehead atoms. The largest absolute Gasteiger partial charge is 0.370 e. The van der Waals surface area contributed by atoms with Crippen molar-refractivity contribution in [3.05, 3.63) is 17.6 Å². The lowest BCUT2D eigenvalue weighted by atomic mass is 9.85. The van der Waals surface area contributed by atoms with Crippen LogP contribution in [-0.4, -0.2) is 39.8 Å². The zero-order chi connectivity index (χ0) is 15.5. The third-order valence-corrected chi connectivity index (χ3v) is 4.36. The number of hydrogen-bond acceptors (Lipinski definition) is 5. The molecule has 6 heteroatoms. The number of aryl methyl sites for hydroxylation is 1. The van der Waals surface area contributed by atoms with Crippen LogP contribution >= 0.6 is 0 Å². The lowest BCUT2D eigenvalue weighted by Crippen LogP contribution is -2.31. The summed E-state index contributed by atoms with van der Waals surface area (Å²) in [6.07, 6.45) is 5.09. The predicted octanol–water partition coefficient (Wildman–Crippen LogP) is 2.00. The Hall–Kier alpha value is -1.98. The van der Waals surface area contributed by atoms with E-state index in [4.69, 9.17) is 0 Å². The number of nitrogens with zero attached hydrogens (tertiary/aromatic N) is 3. The molecule has 2 amide bonds. The molecule has 2 heterocycles. The zero-order valence-electron chi connectivity index (χ0n) is 13.0. The molecule has 3 rings (SSSR count). The van der Waals surface area contributed by atoms with Gasteiger partial charge in [-0.15, -0.1) is 0 Å². The van der Waals surface area contributed by atoms with Gasteiger partial charge in [0.15, 0.2) is 0 Å². The third-order valence-electron chi connectivity index (χ3n) is 4.36. The van der Waals surface area contributed by atoms with Gasteiger partial charge < -0.3 is 5.32 Å². The van der Waals surface area contributed by atoms with Gasteiger partial charge in [-0.2, -0.15) is 0 Å². The highest BCUT2D eigenvalue weighted by molar-refractivity contribution is 6.01. The first kappa shape index (κ1) is 14.9.